The molecule has 150 valence electrons. The summed E-state index contributed by atoms with van der Waals surface area (Å²) in [5, 5.41) is 12.4. The van der Waals surface area contributed by atoms with Gasteiger partial charge in [-0.2, -0.15) is 0 Å². The van der Waals surface area contributed by atoms with Crippen molar-refractivity contribution in [3.05, 3.63) is 35.4 Å². The van der Waals surface area contributed by atoms with E-state index in [1.165, 1.54) is 43.7 Å². The number of carbonyl (C=O) groups is 1. The van der Waals surface area contributed by atoms with Gasteiger partial charge in [-0.1, -0.05) is 11.6 Å². The van der Waals surface area contributed by atoms with E-state index in [1.54, 1.807) is 6.92 Å². The zero-order valence-electron chi connectivity index (χ0n) is 15.8. The van der Waals surface area contributed by atoms with E-state index in [1.807, 2.05) is 0 Å². The van der Waals surface area contributed by atoms with Crippen molar-refractivity contribution in [1.29, 1.82) is 0 Å². The maximum absolute atomic E-state index is 12.8. The van der Waals surface area contributed by atoms with E-state index in [4.69, 9.17) is 4.74 Å². The second-order valence-corrected chi connectivity index (χ2v) is 8.46. The molecular weight excluding hydrogens is 368 g/mol. The molecule has 0 saturated carbocycles. The molecule has 0 saturated heterocycles. The van der Waals surface area contributed by atoms with Crippen molar-refractivity contribution in [3.63, 3.8) is 0 Å². The van der Waals surface area contributed by atoms with Crippen LogP contribution in [0.1, 0.15) is 49.4 Å². The van der Waals surface area contributed by atoms with Crippen LogP contribution in [0, 0.1) is 0 Å². The van der Waals surface area contributed by atoms with E-state index >= 15 is 0 Å². The molecule has 3 N–H and O–H groups in total. The van der Waals surface area contributed by atoms with Crippen LogP contribution >= 0.6 is 0 Å². The van der Waals surface area contributed by atoms with E-state index < -0.39 is 22.0 Å². The summed E-state index contributed by atoms with van der Waals surface area (Å²) in [6.45, 7) is 2.49. The lowest BCUT2D eigenvalue weighted by molar-refractivity contribution is 0.0696. The number of allylic oxidation sites excluding steroid dienone is 1. The van der Waals surface area contributed by atoms with Gasteiger partial charge < -0.3 is 15.2 Å². The first-order valence-electron chi connectivity index (χ1n) is 9.14. The molecule has 1 aliphatic rings. The predicted octanol–water partition coefficient (Wildman–Crippen LogP) is 3.00. The Hall–Kier alpha value is -1.90. The van der Waals surface area contributed by atoms with Gasteiger partial charge in [0.1, 0.15) is 4.90 Å². The third-order valence-electron chi connectivity index (χ3n) is 4.44. The molecule has 0 bridgehead atoms. The average Bonchev–Trinajstić information content (AvgIpc) is 2.62. The van der Waals surface area contributed by atoms with Crippen molar-refractivity contribution < 1.29 is 23.1 Å². The number of methoxy groups -OCH3 is 1. The quantitative estimate of drug-likeness (QED) is 0.525. The Balaban J connectivity index is 2.20. The molecule has 0 spiro atoms. The molecule has 7 nitrogen and oxygen atoms in total. The van der Waals surface area contributed by atoms with Crippen LogP contribution in [-0.4, -0.2) is 45.8 Å². The Morgan fingerprint density at radius 2 is 2.11 bits per heavy atom. The van der Waals surface area contributed by atoms with Crippen LogP contribution in [-0.2, 0) is 14.8 Å². The predicted molar refractivity (Wildman–Crippen MR) is 105 cm³/mol. The molecule has 0 aliphatic heterocycles. The SMILES string of the molecule is COC[C@@H](C)NS(=O)(=O)c1cc(C(=O)O)ccc1NCCC1=CCCCC1. The number of nitrogens with one attached hydrogen (secondary N) is 2. The fraction of sp³-hybridized carbons (Fsp3) is 0.526. The highest BCUT2D eigenvalue weighted by Gasteiger charge is 2.23. The number of carboxylic acids is 1. The molecule has 1 aliphatic carbocycles. The highest BCUT2D eigenvalue weighted by Crippen LogP contribution is 2.25. The maximum atomic E-state index is 12.8. The molecule has 1 aromatic rings. The van der Waals surface area contributed by atoms with Crippen molar-refractivity contribution in [2.24, 2.45) is 0 Å². The van der Waals surface area contributed by atoms with Gasteiger partial charge in [-0.3, -0.25) is 0 Å². The molecule has 2 rings (SSSR count). The van der Waals surface area contributed by atoms with Crippen LogP contribution in [0.25, 0.3) is 0 Å². The number of hydrogen-bond acceptors (Lipinski definition) is 5. The van der Waals surface area contributed by atoms with Crippen molar-refractivity contribution in [2.45, 2.75) is 50.0 Å². The molecule has 8 heteroatoms. The average molecular weight is 397 g/mol. The van der Waals surface area contributed by atoms with Crippen LogP contribution in [0.5, 0.6) is 0 Å². The molecule has 0 fully saturated rings. The Morgan fingerprint density at radius 1 is 1.33 bits per heavy atom. The number of sulfonamides is 1. The molecule has 1 aromatic carbocycles. The highest BCUT2D eigenvalue weighted by atomic mass is 32.2. The molecule has 0 radical (unpaired) electrons. The third kappa shape index (κ3) is 6.34. The molecular formula is C19H28N2O5S. The summed E-state index contributed by atoms with van der Waals surface area (Å²) < 4.78 is 33.0. The monoisotopic (exact) mass is 396 g/mol. The van der Waals surface area contributed by atoms with Crippen molar-refractivity contribution in [3.8, 4) is 0 Å². The summed E-state index contributed by atoms with van der Waals surface area (Å²) in [7, 11) is -2.41. The number of rotatable bonds is 10. The lowest BCUT2D eigenvalue weighted by Gasteiger charge is -2.18. The van der Waals surface area contributed by atoms with Gasteiger partial charge in [0.15, 0.2) is 0 Å². The molecule has 0 amide bonds. The standard InChI is InChI=1S/C19H28N2O5S/c1-14(13-26-2)21-27(24,25)18-12-16(19(22)23)8-9-17(18)20-11-10-15-6-4-3-5-7-15/h6,8-9,12,14,20-21H,3-5,7,10-11,13H2,1-2H3,(H,22,23)/t14-/m1/s1. The van der Waals surface area contributed by atoms with Crippen molar-refractivity contribution in [1.82, 2.24) is 4.72 Å². The molecule has 0 aromatic heterocycles. The van der Waals surface area contributed by atoms with Gasteiger partial charge in [-0.05, 0) is 57.2 Å². The molecule has 27 heavy (non-hydrogen) atoms. The lowest BCUT2D eigenvalue weighted by Crippen LogP contribution is -2.36. The fourth-order valence-corrected chi connectivity index (χ4v) is 4.56. The van der Waals surface area contributed by atoms with Crippen LogP contribution in [0.4, 0.5) is 5.69 Å². The number of hydrogen-bond donors (Lipinski definition) is 3. The minimum Gasteiger partial charge on any atom is -0.478 e. The third-order valence-corrected chi connectivity index (χ3v) is 6.07. The van der Waals surface area contributed by atoms with Crippen LogP contribution in [0.3, 0.4) is 0 Å². The lowest BCUT2D eigenvalue weighted by atomic mass is 9.97. The van der Waals surface area contributed by atoms with Crippen molar-refractivity contribution in [2.75, 3.05) is 25.6 Å². The van der Waals surface area contributed by atoms with Gasteiger partial charge in [0, 0.05) is 19.7 Å². The number of anilines is 1. The first kappa shape index (κ1) is 21.4. The number of benzene rings is 1. The Kier molecular flexibility index (Phi) is 7.82. The van der Waals surface area contributed by atoms with Crippen LogP contribution in [0.2, 0.25) is 0 Å². The van der Waals surface area contributed by atoms with E-state index in [2.05, 4.69) is 16.1 Å². The zero-order chi connectivity index (χ0) is 19.9. The maximum Gasteiger partial charge on any atom is 0.335 e. The summed E-state index contributed by atoms with van der Waals surface area (Å²) in [5.74, 6) is -1.17. The Labute approximate surface area is 160 Å². The van der Waals surface area contributed by atoms with Gasteiger partial charge in [-0.15, -0.1) is 0 Å². The summed E-state index contributed by atoms with van der Waals surface area (Å²) >= 11 is 0. The molecule has 0 heterocycles. The number of ether oxygens (including phenoxy) is 1. The first-order valence-corrected chi connectivity index (χ1v) is 10.6. The first-order chi connectivity index (χ1) is 12.8. The van der Waals surface area contributed by atoms with Crippen molar-refractivity contribution >= 4 is 21.7 Å². The normalized spacial score (nSPS) is 15.9. The topological polar surface area (TPSA) is 105 Å². The second kappa shape index (κ2) is 9.87. The van der Waals surface area contributed by atoms with Gasteiger partial charge >= 0.3 is 5.97 Å². The van der Waals surface area contributed by atoms with Gasteiger partial charge in [-0.25, -0.2) is 17.9 Å². The fourth-order valence-electron chi connectivity index (χ4n) is 3.13. The molecule has 1 atom stereocenters. The minimum absolute atomic E-state index is 0.0667. The Morgan fingerprint density at radius 3 is 2.74 bits per heavy atom. The van der Waals surface area contributed by atoms with Gasteiger partial charge in [0.25, 0.3) is 0 Å². The van der Waals surface area contributed by atoms with Crippen LogP contribution in [0.15, 0.2) is 34.7 Å². The second-order valence-electron chi connectivity index (χ2n) is 6.78. The largest absolute Gasteiger partial charge is 0.478 e. The smallest absolute Gasteiger partial charge is 0.335 e. The Bertz CT molecular complexity index is 789. The highest BCUT2D eigenvalue weighted by molar-refractivity contribution is 7.89. The number of carboxylic acid groups (broad SMARTS) is 1. The molecule has 0 unspecified atom stereocenters. The van der Waals surface area contributed by atoms with E-state index in [-0.39, 0.29) is 17.1 Å². The van der Waals surface area contributed by atoms with Gasteiger partial charge in [0.05, 0.1) is 17.9 Å². The van der Waals surface area contributed by atoms with E-state index in [0.717, 1.165) is 19.3 Å². The summed E-state index contributed by atoms with van der Waals surface area (Å²) in [5.41, 5.74) is 1.70. The summed E-state index contributed by atoms with van der Waals surface area (Å²) in [6.07, 6.45) is 7.70. The number of aromatic carboxylic acids is 1. The van der Waals surface area contributed by atoms with Gasteiger partial charge in [0.2, 0.25) is 10.0 Å². The van der Waals surface area contributed by atoms with E-state index in [0.29, 0.717) is 12.2 Å². The van der Waals surface area contributed by atoms with E-state index in [9.17, 15) is 18.3 Å². The van der Waals surface area contributed by atoms with Crippen LogP contribution < -0.4 is 10.0 Å². The summed E-state index contributed by atoms with van der Waals surface area (Å²) in [4.78, 5) is 11.2. The zero-order valence-corrected chi connectivity index (χ0v) is 16.6. The summed E-state index contributed by atoms with van der Waals surface area (Å²) in [6, 6.07) is 3.66. The minimum atomic E-state index is -3.89.